The summed E-state index contributed by atoms with van der Waals surface area (Å²) in [6, 6.07) is 15.0. The molecule has 5 heteroatoms. The van der Waals surface area contributed by atoms with Crippen LogP contribution in [-0.4, -0.2) is 30.7 Å². The first-order chi connectivity index (χ1) is 10.4. The van der Waals surface area contributed by atoms with Gasteiger partial charge in [0.2, 0.25) is 0 Å². The molecule has 0 saturated carbocycles. The zero-order chi connectivity index (χ0) is 14.5. The van der Waals surface area contributed by atoms with Gasteiger partial charge in [0.05, 0.1) is 0 Å². The molecule has 1 heterocycles. The number of oxime groups is 1. The highest BCUT2D eigenvalue weighted by Crippen LogP contribution is 2.29. The highest BCUT2D eigenvalue weighted by molar-refractivity contribution is 6.05. The molecule has 1 N–H and O–H groups in total. The molecule has 2 aromatic rings. The summed E-state index contributed by atoms with van der Waals surface area (Å²) in [6.45, 7) is 1.19. The van der Waals surface area contributed by atoms with Gasteiger partial charge in [-0.25, -0.2) is 0 Å². The van der Waals surface area contributed by atoms with E-state index in [1.54, 1.807) is 6.07 Å². The van der Waals surface area contributed by atoms with E-state index in [4.69, 9.17) is 19.4 Å². The van der Waals surface area contributed by atoms with Crippen molar-refractivity contribution in [3.05, 3.63) is 54.1 Å². The Bertz CT molecular complexity index is 640. The predicted molar refractivity (Wildman–Crippen MR) is 77.7 cm³/mol. The van der Waals surface area contributed by atoms with Gasteiger partial charge in [-0.2, -0.15) is 0 Å². The van der Waals surface area contributed by atoms with Crippen LogP contribution in [0.15, 0.2) is 53.7 Å². The Morgan fingerprint density at radius 2 is 1.76 bits per heavy atom. The Hall–Kier alpha value is -2.69. The number of benzene rings is 2. The molecule has 0 amide bonds. The molecule has 0 radical (unpaired) electrons. The molecule has 3 rings (SSSR count). The maximum atomic E-state index is 8.82. The minimum absolute atomic E-state index is 0.284. The maximum Gasteiger partial charge on any atom is 0.134 e. The van der Waals surface area contributed by atoms with E-state index in [1.807, 2.05) is 42.5 Å². The van der Waals surface area contributed by atoms with Crippen molar-refractivity contribution in [1.29, 1.82) is 0 Å². The van der Waals surface area contributed by atoms with Crippen molar-refractivity contribution in [2.24, 2.45) is 5.16 Å². The fourth-order valence-electron chi connectivity index (χ4n) is 2.09. The third-order valence-electron chi connectivity index (χ3n) is 3.11. The molecule has 0 spiro atoms. The van der Waals surface area contributed by atoms with Crippen LogP contribution in [0.1, 0.15) is 5.56 Å². The van der Waals surface area contributed by atoms with Crippen LogP contribution in [0, 0.1) is 0 Å². The van der Waals surface area contributed by atoms with Gasteiger partial charge in [0.15, 0.2) is 0 Å². The van der Waals surface area contributed by atoms with Crippen LogP contribution in [0.3, 0.4) is 0 Å². The van der Waals surface area contributed by atoms with Gasteiger partial charge in [0.1, 0.15) is 42.8 Å². The number of nitrogens with zero attached hydrogens (tertiary/aromatic N) is 1. The zero-order valence-corrected chi connectivity index (χ0v) is 11.4. The molecule has 21 heavy (non-hydrogen) atoms. The van der Waals surface area contributed by atoms with Crippen molar-refractivity contribution in [3.63, 3.8) is 0 Å². The first-order valence-electron chi connectivity index (χ1n) is 6.65. The van der Waals surface area contributed by atoms with E-state index in [2.05, 4.69) is 5.16 Å². The van der Waals surface area contributed by atoms with Gasteiger partial charge in [0.25, 0.3) is 0 Å². The third kappa shape index (κ3) is 3.08. The first-order valence-corrected chi connectivity index (χ1v) is 6.65. The minimum Gasteiger partial charge on any atom is -0.490 e. The number of hydrogen-bond acceptors (Lipinski definition) is 5. The number of hydrogen-bond donors (Lipinski definition) is 1. The van der Waals surface area contributed by atoms with Crippen LogP contribution in [0.2, 0.25) is 0 Å². The normalized spacial score (nSPS) is 14.6. The molecule has 0 atom stereocenters. The molecule has 0 unspecified atom stereocenters. The van der Waals surface area contributed by atoms with Gasteiger partial charge in [-0.3, -0.25) is 0 Å². The van der Waals surface area contributed by atoms with E-state index < -0.39 is 0 Å². The van der Waals surface area contributed by atoms with Gasteiger partial charge in [-0.15, -0.1) is 0 Å². The lowest BCUT2D eigenvalue weighted by Gasteiger charge is -2.09. The van der Waals surface area contributed by atoms with E-state index in [0.717, 1.165) is 11.3 Å². The lowest BCUT2D eigenvalue weighted by molar-refractivity contribution is 0.216. The summed E-state index contributed by atoms with van der Waals surface area (Å²) in [6.07, 6.45) is 0. The van der Waals surface area contributed by atoms with E-state index in [9.17, 15) is 0 Å². The second kappa shape index (κ2) is 6.17. The van der Waals surface area contributed by atoms with Crippen molar-refractivity contribution >= 4 is 5.71 Å². The van der Waals surface area contributed by atoms with Gasteiger partial charge >= 0.3 is 0 Å². The van der Waals surface area contributed by atoms with Crippen LogP contribution in [-0.2, 0) is 0 Å². The van der Waals surface area contributed by atoms with Crippen molar-refractivity contribution in [1.82, 2.24) is 0 Å². The molecule has 0 saturated heterocycles. The predicted octanol–water partition coefficient (Wildman–Crippen LogP) is 2.72. The zero-order valence-electron chi connectivity index (χ0n) is 11.4. The monoisotopic (exact) mass is 285 g/mol. The average molecular weight is 285 g/mol. The molecular formula is C16H15NO4. The first kappa shape index (κ1) is 13.3. The smallest absolute Gasteiger partial charge is 0.134 e. The lowest BCUT2D eigenvalue weighted by atomic mass is 10.1. The Balaban J connectivity index is 1.53. The second-order valence-corrected chi connectivity index (χ2v) is 4.50. The molecule has 0 bridgehead atoms. The molecule has 1 aliphatic rings. The molecule has 2 aromatic carbocycles. The average Bonchev–Trinajstić information content (AvgIpc) is 2.95. The largest absolute Gasteiger partial charge is 0.490 e. The molecule has 0 aliphatic carbocycles. The highest BCUT2D eigenvalue weighted by atomic mass is 16.5. The van der Waals surface area contributed by atoms with Crippen molar-refractivity contribution in [2.45, 2.75) is 0 Å². The molecule has 108 valence electrons. The van der Waals surface area contributed by atoms with Crippen molar-refractivity contribution in [3.8, 4) is 17.2 Å². The molecule has 1 aliphatic heterocycles. The summed E-state index contributed by atoms with van der Waals surface area (Å²) in [5.41, 5.74) is 1.33. The maximum absolute atomic E-state index is 8.82. The Kier molecular flexibility index (Phi) is 3.91. The van der Waals surface area contributed by atoms with Gasteiger partial charge in [0, 0.05) is 11.6 Å². The quantitative estimate of drug-likeness (QED) is 0.521. The van der Waals surface area contributed by atoms with Crippen LogP contribution < -0.4 is 14.2 Å². The summed E-state index contributed by atoms with van der Waals surface area (Å²) >= 11 is 0. The number of para-hydroxylation sites is 1. The summed E-state index contributed by atoms with van der Waals surface area (Å²) in [5.74, 6) is 2.19. The summed E-state index contributed by atoms with van der Waals surface area (Å²) < 4.78 is 16.6. The molecule has 5 nitrogen and oxygen atoms in total. The fraction of sp³-hybridized carbons (Fsp3) is 0.188. The lowest BCUT2D eigenvalue weighted by Crippen LogP contribution is -2.08. The van der Waals surface area contributed by atoms with Crippen LogP contribution in [0.25, 0.3) is 0 Å². The summed E-state index contributed by atoms with van der Waals surface area (Å²) in [7, 11) is 0. The van der Waals surface area contributed by atoms with Crippen LogP contribution in [0.4, 0.5) is 0 Å². The third-order valence-corrected chi connectivity index (χ3v) is 3.11. The Labute approximate surface area is 122 Å². The minimum atomic E-state index is 0.284. The van der Waals surface area contributed by atoms with Crippen LogP contribution in [0.5, 0.6) is 17.2 Å². The summed E-state index contributed by atoms with van der Waals surface area (Å²) in [4.78, 5) is 0. The van der Waals surface area contributed by atoms with E-state index in [0.29, 0.717) is 30.4 Å². The standard InChI is InChI=1S/C16H15NO4/c18-17-15-11-21-16-10-13(6-7-14(15)16)20-9-8-19-12-4-2-1-3-5-12/h1-7,10,18H,8-9,11H2. The van der Waals surface area contributed by atoms with Gasteiger partial charge in [-0.05, 0) is 24.3 Å². The number of rotatable bonds is 5. The van der Waals surface area contributed by atoms with Crippen molar-refractivity contribution < 1.29 is 19.4 Å². The number of ether oxygens (including phenoxy) is 3. The second-order valence-electron chi connectivity index (χ2n) is 4.50. The molecule has 0 aromatic heterocycles. The van der Waals surface area contributed by atoms with Gasteiger partial charge in [-0.1, -0.05) is 23.4 Å². The highest BCUT2D eigenvalue weighted by Gasteiger charge is 2.20. The fourth-order valence-corrected chi connectivity index (χ4v) is 2.09. The van der Waals surface area contributed by atoms with E-state index in [-0.39, 0.29) is 6.61 Å². The van der Waals surface area contributed by atoms with E-state index in [1.165, 1.54) is 0 Å². The van der Waals surface area contributed by atoms with Gasteiger partial charge < -0.3 is 19.4 Å². The SMILES string of the molecule is ON=C1COc2cc(OCCOc3ccccc3)ccc21. The molecular weight excluding hydrogens is 270 g/mol. The topological polar surface area (TPSA) is 60.3 Å². The molecule has 0 fully saturated rings. The van der Waals surface area contributed by atoms with E-state index >= 15 is 0 Å². The Morgan fingerprint density at radius 1 is 1.00 bits per heavy atom. The van der Waals surface area contributed by atoms with Crippen molar-refractivity contribution in [2.75, 3.05) is 19.8 Å². The number of fused-ring (bicyclic) bond motifs is 1. The Morgan fingerprint density at radius 3 is 2.52 bits per heavy atom. The van der Waals surface area contributed by atoms with Crippen LogP contribution >= 0.6 is 0 Å². The summed E-state index contributed by atoms with van der Waals surface area (Å²) in [5, 5.41) is 12.0.